The number of ether oxygens (including phenoxy) is 1. The number of nitrogens with zero attached hydrogens (tertiary/aromatic N) is 1. The molecule has 1 aliphatic heterocycles. The average Bonchev–Trinajstić information content (AvgIpc) is 2.87. The van der Waals surface area contributed by atoms with E-state index in [4.69, 9.17) is 5.73 Å². The maximum Gasteiger partial charge on any atom is 0.422 e. The highest BCUT2D eigenvalue weighted by molar-refractivity contribution is 5.94. The molecule has 0 aromatic heterocycles. The summed E-state index contributed by atoms with van der Waals surface area (Å²) in [6.07, 6.45) is -3.53. The molecule has 0 spiro atoms. The summed E-state index contributed by atoms with van der Waals surface area (Å²) in [6, 6.07) is 5.70. The fourth-order valence-electron chi connectivity index (χ4n) is 2.41. The molecule has 1 aromatic rings. The molecule has 1 atom stereocenters. The molecule has 4 nitrogen and oxygen atoms in total. The van der Waals surface area contributed by atoms with Gasteiger partial charge in [0.15, 0.2) is 6.61 Å². The van der Waals surface area contributed by atoms with E-state index in [-0.39, 0.29) is 17.1 Å². The fourth-order valence-corrected chi connectivity index (χ4v) is 2.41. The maximum atomic E-state index is 12.3. The number of alkyl halides is 3. The lowest BCUT2D eigenvalue weighted by molar-refractivity contribution is -0.153. The van der Waals surface area contributed by atoms with E-state index < -0.39 is 12.8 Å². The van der Waals surface area contributed by atoms with Crippen LogP contribution in [0.15, 0.2) is 24.3 Å². The molecule has 0 saturated carbocycles. The van der Waals surface area contributed by atoms with E-state index in [9.17, 15) is 18.0 Å². The molecule has 1 aromatic carbocycles. The number of nitrogens with two attached hydrogens (primary N) is 1. The molecule has 122 valence electrons. The minimum absolute atomic E-state index is 0.0641. The Morgan fingerprint density at radius 3 is 2.50 bits per heavy atom. The predicted octanol–water partition coefficient (Wildman–Crippen LogP) is 2.44. The van der Waals surface area contributed by atoms with Crippen molar-refractivity contribution in [2.24, 2.45) is 11.1 Å². The topological polar surface area (TPSA) is 55.6 Å². The Labute approximate surface area is 127 Å². The standard InChI is InChI=1S/C15H19F3N2O2/c1-14(8-19)6-7-20(9-14)13(21)11-2-4-12(5-3-11)22-10-15(16,17)18/h2-5H,6-10,19H2,1H3. The van der Waals surface area contributed by atoms with Gasteiger partial charge in [0.1, 0.15) is 5.75 Å². The molecule has 1 saturated heterocycles. The van der Waals surface area contributed by atoms with Crippen molar-refractivity contribution in [1.82, 2.24) is 4.90 Å². The van der Waals surface area contributed by atoms with Crippen LogP contribution in [-0.4, -0.2) is 43.2 Å². The van der Waals surface area contributed by atoms with E-state index in [1.54, 1.807) is 4.90 Å². The third kappa shape index (κ3) is 4.13. The van der Waals surface area contributed by atoms with E-state index in [1.807, 2.05) is 6.92 Å². The van der Waals surface area contributed by atoms with E-state index >= 15 is 0 Å². The summed E-state index contributed by atoms with van der Waals surface area (Å²) in [7, 11) is 0. The van der Waals surface area contributed by atoms with Crippen LogP contribution in [0, 0.1) is 5.41 Å². The zero-order valence-electron chi connectivity index (χ0n) is 12.3. The Morgan fingerprint density at radius 1 is 1.36 bits per heavy atom. The van der Waals surface area contributed by atoms with Gasteiger partial charge in [-0.25, -0.2) is 0 Å². The van der Waals surface area contributed by atoms with Crippen LogP contribution in [0.5, 0.6) is 5.75 Å². The first-order valence-electron chi connectivity index (χ1n) is 7.01. The molecule has 1 fully saturated rings. The van der Waals surface area contributed by atoms with Crippen molar-refractivity contribution in [3.8, 4) is 5.75 Å². The third-order valence-electron chi connectivity index (χ3n) is 3.84. The summed E-state index contributed by atoms with van der Waals surface area (Å²) < 4.78 is 40.8. The number of hydrogen-bond acceptors (Lipinski definition) is 3. The second kappa shape index (κ2) is 6.16. The molecule has 0 radical (unpaired) electrons. The number of carbonyl (C=O) groups is 1. The molecule has 1 heterocycles. The Hall–Kier alpha value is -1.76. The lowest BCUT2D eigenvalue weighted by atomic mass is 9.90. The average molecular weight is 316 g/mol. The van der Waals surface area contributed by atoms with Crippen LogP contribution in [0.2, 0.25) is 0 Å². The predicted molar refractivity (Wildman–Crippen MR) is 75.7 cm³/mol. The zero-order valence-corrected chi connectivity index (χ0v) is 12.3. The van der Waals surface area contributed by atoms with Crippen LogP contribution >= 0.6 is 0 Å². The van der Waals surface area contributed by atoms with Gasteiger partial charge in [-0.2, -0.15) is 13.2 Å². The minimum Gasteiger partial charge on any atom is -0.484 e. The van der Waals surface area contributed by atoms with Gasteiger partial charge < -0.3 is 15.4 Å². The van der Waals surface area contributed by atoms with Crippen LogP contribution in [-0.2, 0) is 0 Å². The highest BCUT2D eigenvalue weighted by Gasteiger charge is 2.35. The van der Waals surface area contributed by atoms with Crippen molar-refractivity contribution in [1.29, 1.82) is 0 Å². The van der Waals surface area contributed by atoms with Crippen LogP contribution in [0.1, 0.15) is 23.7 Å². The van der Waals surface area contributed by atoms with Gasteiger partial charge in [0.2, 0.25) is 0 Å². The normalized spacial score (nSPS) is 22.0. The number of hydrogen-bond donors (Lipinski definition) is 1. The Morgan fingerprint density at radius 2 is 2.00 bits per heavy atom. The van der Waals surface area contributed by atoms with Gasteiger partial charge in [-0.05, 0) is 42.6 Å². The van der Waals surface area contributed by atoms with Crippen molar-refractivity contribution >= 4 is 5.91 Å². The minimum atomic E-state index is -4.38. The molecule has 2 rings (SSSR count). The number of halogens is 3. The molecular weight excluding hydrogens is 297 g/mol. The number of rotatable bonds is 4. The molecular formula is C15H19F3N2O2. The molecule has 2 N–H and O–H groups in total. The van der Waals surface area contributed by atoms with Gasteiger partial charge in [0, 0.05) is 18.7 Å². The van der Waals surface area contributed by atoms with Crippen LogP contribution in [0.3, 0.4) is 0 Å². The third-order valence-corrected chi connectivity index (χ3v) is 3.84. The lowest BCUT2D eigenvalue weighted by Gasteiger charge is -2.22. The van der Waals surface area contributed by atoms with Crippen molar-refractivity contribution < 1.29 is 22.7 Å². The monoisotopic (exact) mass is 316 g/mol. The molecule has 1 unspecified atom stereocenters. The molecule has 1 amide bonds. The Kier molecular flexibility index (Phi) is 4.65. The first kappa shape index (κ1) is 16.6. The van der Waals surface area contributed by atoms with Crippen molar-refractivity contribution in [2.75, 3.05) is 26.2 Å². The van der Waals surface area contributed by atoms with Crippen LogP contribution < -0.4 is 10.5 Å². The van der Waals surface area contributed by atoms with Gasteiger partial charge in [-0.15, -0.1) is 0 Å². The molecule has 1 aliphatic rings. The Bertz CT molecular complexity index is 531. The first-order chi connectivity index (χ1) is 10.2. The molecule has 0 bridgehead atoms. The largest absolute Gasteiger partial charge is 0.484 e. The van der Waals surface area contributed by atoms with Gasteiger partial charge in [-0.3, -0.25) is 4.79 Å². The fraction of sp³-hybridized carbons (Fsp3) is 0.533. The van der Waals surface area contributed by atoms with E-state index in [2.05, 4.69) is 4.74 Å². The summed E-state index contributed by atoms with van der Waals surface area (Å²) in [5.41, 5.74) is 6.08. The molecule has 0 aliphatic carbocycles. The Balaban J connectivity index is 1.97. The van der Waals surface area contributed by atoms with Crippen molar-refractivity contribution in [3.63, 3.8) is 0 Å². The summed E-state index contributed by atoms with van der Waals surface area (Å²) in [5, 5.41) is 0. The van der Waals surface area contributed by atoms with Crippen molar-refractivity contribution in [2.45, 2.75) is 19.5 Å². The highest BCUT2D eigenvalue weighted by atomic mass is 19.4. The zero-order chi connectivity index (χ0) is 16.4. The van der Waals surface area contributed by atoms with Gasteiger partial charge in [0.05, 0.1) is 0 Å². The van der Waals surface area contributed by atoms with Crippen LogP contribution in [0.4, 0.5) is 13.2 Å². The van der Waals surface area contributed by atoms with Gasteiger partial charge in [0.25, 0.3) is 5.91 Å². The summed E-state index contributed by atoms with van der Waals surface area (Å²) in [6.45, 7) is 2.43. The highest BCUT2D eigenvalue weighted by Crippen LogP contribution is 2.29. The summed E-state index contributed by atoms with van der Waals surface area (Å²) in [4.78, 5) is 14.1. The number of amides is 1. The number of likely N-dealkylation sites (tertiary alicyclic amines) is 1. The smallest absolute Gasteiger partial charge is 0.422 e. The van der Waals surface area contributed by atoms with E-state index in [0.29, 0.717) is 25.2 Å². The molecule has 7 heteroatoms. The summed E-state index contributed by atoms with van der Waals surface area (Å²) in [5.74, 6) is -0.0540. The molecule has 22 heavy (non-hydrogen) atoms. The van der Waals surface area contributed by atoms with Crippen LogP contribution in [0.25, 0.3) is 0 Å². The first-order valence-corrected chi connectivity index (χ1v) is 7.01. The maximum absolute atomic E-state index is 12.3. The number of carbonyl (C=O) groups excluding carboxylic acids is 1. The quantitative estimate of drug-likeness (QED) is 0.928. The summed E-state index contributed by atoms with van der Waals surface area (Å²) >= 11 is 0. The SMILES string of the molecule is CC1(CN)CCN(C(=O)c2ccc(OCC(F)(F)F)cc2)C1. The lowest BCUT2D eigenvalue weighted by Crippen LogP contribution is -2.34. The number of benzene rings is 1. The van der Waals surface area contributed by atoms with E-state index in [1.165, 1.54) is 24.3 Å². The van der Waals surface area contributed by atoms with E-state index in [0.717, 1.165) is 6.42 Å². The van der Waals surface area contributed by atoms with Crippen molar-refractivity contribution in [3.05, 3.63) is 29.8 Å². The van der Waals surface area contributed by atoms with Gasteiger partial charge >= 0.3 is 6.18 Å². The second-order valence-corrected chi connectivity index (χ2v) is 5.92. The second-order valence-electron chi connectivity index (χ2n) is 5.92. The van der Waals surface area contributed by atoms with Gasteiger partial charge in [-0.1, -0.05) is 6.92 Å².